The highest BCUT2D eigenvalue weighted by molar-refractivity contribution is 5.82. The van der Waals surface area contributed by atoms with Crippen molar-refractivity contribution in [3.8, 4) is 0 Å². The lowest BCUT2D eigenvalue weighted by Gasteiger charge is -1.97. The zero-order chi connectivity index (χ0) is 9.26. The first-order valence-electron chi connectivity index (χ1n) is 4.45. The van der Waals surface area contributed by atoms with Crippen molar-refractivity contribution in [1.82, 2.24) is 10.3 Å². The van der Waals surface area contributed by atoms with Crippen LogP contribution >= 0.6 is 0 Å². The Morgan fingerprint density at radius 3 is 3.08 bits per heavy atom. The molecule has 1 heterocycles. The third-order valence-corrected chi connectivity index (χ3v) is 2.44. The van der Waals surface area contributed by atoms with Gasteiger partial charge in [0.25, 0.3) is 0 Å². The first kappa shape index (κ1) is 8.23. The van der Waals surface area contributed by atoms with E-state index >= 15 is 0 Å². The van der Waals surface area contributed by atoms with E-state index in [4.69, 9.17) is 0 Å². The monoisotopic (exact) mass is 176 g/mol. The van der Waals surface area contributed by atoms with Gasteiger partial charge in [0.2, 0.25) is 5.91 Å². The van der Waals surface area contributed by atoms with Gasteiger partial charge in [-0.1, -0.05) is 6.07 Å². The van der Waals surface area contributed by atoms with Crippen LogP contribution in [0.15, 0.2) is 24.4 Å². The highest BCUT2D eigenvalue weighted by atomic mass is 16.1. The van der Waals surface area contributed by atoms with Crippen molar-refractivity contribution in [3.05, 3.63) is 30.1 Å². The highest BCUT2D eigenvalue weighted by Gasteiger charge is 2.44. The molecule has 0 saturated heterocycles. The summed E-state index contributed by atoms with van der Waals surface area (Å²) in [5, 5.41) is 2.66. The van der Waals surface area contributed by atoms with Gasteiger partial charge in [0.1, 0.15) is 0 Å². The molecule has 1 fully saturated rings. The molecular formula is C10H12N2O. The van der Waals surface area contributed by atoms with Crippen LogP contribution in [0.3, 0.4) is 0 Å². The Morgan fingerprint density at radius 1 is 1.62 bits per heavy atom. The van der Waals surface area contributed by atoms with Crippen molar-refractivity contribution < 1.29 is 4.79 Å². The molecule has 3 heteroatoms. The molecule has 1 aliphatic carbocycles. The van der Waals surface area contributed by atoms with E-state index in [1.165, 1.54) is 0 Å². The molecule has 68 valence electrons. The maximum Gasteiger partial charge on any atom is 0.223 e. The maximum absolute atomic E-state index is 11.2. The van der Waals surface area contributed by atoms with Gasteiger partial charge in [0.15, 0.2) is 0 Å². The number of carbonyl (C=O) groups excluding carboxylic acids is 1. The van der Waals surface area contributed by atoms with Crippen LogP contribution in [0.25, 0.3) is 0 Å². The van der Waals surface area contributed by atoms with Crippen LogP contribution in [0.4, 0.5) is 0 Å². The van der Waals surface area contributed by atoms with Crippen LogP contribution in [-0.2, 0) is 4.79 Å². The summed E-state index contributed by atoms with van der Waals surface area (Å²) in [6.45, 7) is 0. The van der Waals surface area contributed by atoms with E-state index in [0.717, 1.165) is 12.1 Å². The van der Waals surface area contributed by atoms with Crippen molar-refractivity contribution in [2.75, 3.05) is 7.05 Å². The van der Waals surface area contributed by atoms with E-state index < -0.39 is 0 Å². The summed E-state index contributed by atoms with van der Waals surface area (Å²) in [6, 6.07) is 5.83. The van der Waals surface area contributed by atoms with E-state index in [9.17, 15) is 4.79 Å². The summed E-state index contributed by atoms with van der Waals surface area (Å²) in [7, 11) is 1.68. The number of amides is 1. The smallest absolute Gasteiger partial charge is 0.223 e. The van der Waals surface area contributed by atoms with E-state index in [-0.39, 0.29) is 11.8 Å². The van der Waals surface area contributed by atoms with E-state index in [1.54, 1.807) is 13.2 Å². The molecular weight excluding hydrogens is 164 g/mol. The molecule has 1 aliphatic rings. The van der Waals surface area contributed by atoms with Crippen LogP contribution in [0.5, 0.6) is 0 Å². The van der Waals surface area contributed by atoms with Gasteiger partial charge in [-0.25, -0.2) is 0 Å². The third-order valence-electron chi connectivity index (χ3n) is 2.44. The summed E-state index contributed by atoms with van der Waals surface area (Å²) >= 11 is 0. The molecule has 0 radical (unpaired) electrons. The predicted octanol–water partition coefficient (Wildman–Crippen LogP) is 0.931. The number of carbonyl (C=O) groups is 1. The molecule has 2 rings (SSSR count). The average molecular weight is 176 g/mol. The van der Waals surface area contributed by atoms with Crippen LogP contribution in [0, 0.1) is 5.92 Å². The fraction of sp³-hybridized carbons (Fsp3) is 0.400. The number of aromatic nitrogens is 1. The standard InChI is InChI=1S/C10H12N2O/c1-11-10(13)8-6-7(8)9-4-2-3-5-12-9/h2-5,7-8H,6H2,1H3,(H,11,13)/t7-,8-/m1/s1. The van der Waals surface area contributed by atoms with Gasteiger partial charge < -0.3 is 5.32 Å². The van der Waals surface area contributed by atoms with Crippen molar-refractivity contribution in [2.24, 2.45) is 5.92 Å². The average Bonchev–Trinajstić information content (AvgIpc) is 2.98. The Bertz CT molecular complexity index is 310. The lowest BCUT2D eigenvalue weighted by molar-refractivity contribution is -0.121. The highest BCUT2D eigenvalue weighted by Crippen LogP contribution is 2.46. The number of nitrogens with zero attached hydrogens (tertiary/aromatic N) is 1. The van der Waals surface area contributed by atoms with Gasteiger partial charge in [0, 0.05) is 30.8 Å². The normalized spacial score (nSPS) is 25.3. The lowest BCUT2D eigenvalue weighted by Crippen LogP contribution is -2.20. The molecule has 0 aliphatic heterocycles. The molecule has 0 spiro atoms. The predicted molar refractivity (Wildman–Crippen MR) is 49.2 cm³/mol. The Hall–Kier alpha value is -1.38. The Kier molecular flexibility index (Phi) is 2.00. The van der Waals surface area contributed by atoms with Crippen molar-refractivity contribution >= 4 is 5.91 Å². The Labute approximate surface area is 77.2 Å². The molecule has 0 unspecified atom stereocenters. The Morgan fingerprint density at radius 2 is 2.46 bits per heavy atom. The van der Waals surface area contributed by atoms with Gasteiger partial charge in [0.05, 0.1) is 0 Å². The van der Waals surface area contributed by atoms with E-state index in [2.05, 4.69) is 10.3 Å². The van der Waals surface area contributed by atoms with Crippen LogP contribution in [-0.4, -0.2) is 17.9 Å². The first-order valence-corrected chi connectivity index (χ1v) is 4.45. The minimum absolute atomic E-state index is 0.135. The summed E-state index contributed by atoms with van der Waals surface area (Å²) in [4.78, 5) is 15.4. The Balaban J connectivity index is 2.04. The summed E-state index contributed by atoms with van der Waals surface area (Å²) in [6.07, 6.45) is 2.71. The van der Waals surface area contributed by atoms with Gasteiger partial charge in [-0.3, -0.25) is 9.78 Å². The minimum Gasteiger partial charge on any atom is -0.359 e. The maximum atomic E-state index is 11.2. The van der Waals surface area contributed by atoms with Gasteiger partial charge >= 0.3 is 0 Å². The van der Waals surface area contributed by atoms with Crippen molar-refractivity contribution in [2.45, 2.75) is 12.3 Å². The fourth-order valence-corrected chi connectivity index (χ4v) is 1.59. The number of pyridine rings is 1. The van der Waals surface area contributed by atoms with Gasteiger partial charge in [-0.15, -0.1) is 0 Å². The number of hydrogen-bond donors (Lipinski definition) is 1. The quantitative estimate of drug-likeness (QED) is 0.728. The zero-order valence-electron chi connectivity index (χ0n) is 7.53. The first-order chi connectivity index (χ1) is 6.33. The van der Waals surface area contributed by atoms with E-state index in [1.807, 2.05) is 18.2 Å². The van der Waals surface area contributed by atoms with E-state index in [0.29, 0.717) is 5.92 Å². The van der Waals surface area contributed by atoms with Crippen LogP contribution in [0.2, 0.25) is 0 Å². The topological polar surface area (TPSA) is 42.0 Å². The fourth-order valence-electron chi connectivity index (χ4n) is 1.59. The summed E-state index contributed by atoms with van der Waals surface area (Å²) < 4.78 is 0. The third kappa shape index (κ3) is 1.54. The second-order valence-electron chi connectivity index (χ2n) is 3.32. The molecule has 1 aromatic rings. The zero-order valence-corrected chi connectivity index (χ0v) is 7.53. The SMILES string of the molecule is CNC(=O)[C@@H]1C[C@H]1c1ccccn1. The lowest BCUT2D eigenvalue weighted by atomic mass is 10.2. The largest absolute Gasteiger partial charge is 0.359 e. The minimum atomic E-state index is 0.135. The van der Waals surface area contributed by atoms with Crippen LogP contribution < -0.4 is 5.32 Å². The number of nitrogens with one attached hydrogen (secondary N) is 1. The second kappa shape index (κ2) is 3.17. The molecule has 1 N–H and O–H groups in total. The molecule has 0 aromatic carbocycles. The molecule has 0 bridgehead atoms. The number of hydrogen-bond acceptors (Lipinski definition) is 2. The second-order valence-corrected chi connectivity index (χ2v) is 3.32. The molecule has 1 saturated carbocycles. The van der Waals surface area contributed by atoms with Crippen molar-refractivity contribution in [3.63, 3.8) is 0 Å². The number of rotatable bonds is 2. The molecule has 3 nitrogen and oxygen atoms in total. The summed E-state index contributed by atoms with van der Waals surface area (Å²) in [5.74, 6) is 0.636. The van der Waals surface area contributed by atoms with Gasteiger partial charge in [-0.2, -0.15) is 0 Å². The van der Waals surface area contributed by atoms with Gasteiger partial charge in [-0.05, 0) is 18.6 Å². The molecule has 13 heavy (non-hydrogen) atoms. The van der Waals surface area contributed by atoms with Crippen molar-refractivity contribution in [1.29, 1.82) is 0 Å². The molecule has 2 atom stereocenters. The molecule has 1 amide bonds. The van der Waals surface area contributed by atoms with Crippen LogP contribution in [0.1, 0.15) is 18.0 Å². The summed E-state index contributed by atoms with van der Waals surface area (Å²) in [5.41, 5.74) is 1.04. The molecule has 1 aromatic heterocycles.